The lowest BCUT2D eigenvalue weighted by molar-refractivity contribution is -0.114. The molecule has 4 N–H and O–H groups in total. The van der Waals surface area contributed by atoms with Crippen LogP contribution in [0.2, 0.25) is 0 Å². The van der Waals surface area contributed by atoms with E-state index >= 15 is 0 Å². The summed E-state index contributed by atoms with van der Waals surface area (Å²) in [5, 5.41) is 23.2. The first kappa shape index (κ1) is 26.4. The molecule has 0 radical (unpaired) electrons. The molecule has 0 spiro atoms. The summed E-state index contributed by atoms with van der Waals surface area (Å²) in [6, 6.07) is 12.5. The van der Waals surface area contributed by atoms with Crippen molar-refractivity contribution in [2.24, 2.45) is 10.2 Å². The third-order valence-electron chi connectivity index (χ3n) is 5.88. The Morgan fingerprint density at radius 2 is 1.78 bits per heavy atom. The Balaban J connectivity index is 1.97. The normalized spacial score (nSPS) is 12.9. The summed E-state index contributed by atoms with van der Waals surface area (Å²) in [4.78, 5) is 11.3. The molecule has 0 heterocycles. The lowest BCUT2D eigenvalue weighted by Gasteiger charge is -2.14. The minimum Gasteiger partial charge on any atom is -0.505 e. The van der Waals surface area contributed by atoms with E-state index in [1.54, 1.807) is 31.2 Å². The van der Waals surface area contributed by atoms with Gasteiger partial charge in [-0.05, 0) is 54.1 Å². The molecule has 192 valence electrons. The van der Waals surface area contributed by atoms with Gasteiger partial charge in [0, 0.05) is 17.7 Å². The van der Waals surface area contributed by atoms with E-state index in [1.807, 2.05) is 13.0 Å². The van der Waals surface area contributed by atoms with Gasteiger partial charge in [-0.1, -0.05) is 31.2 Å². The number of carbonyl (C=O) groups excluding carboxylic acids is 1. The van der Waals surface area contributed by atoms with E-state index in [2.05, 4.69) is 15.5 Å². The van der Waals surface area contributed by atoms with E-state index < -0.39 is 37.8 Å². The second kappa shape index (κ2) is 9.98. The molecule has 0 aliphatic rings. The van der Waals surface area contributed by atoms with Crippen LogP contribution in [-0.2, 0) is 32.4 Å². The van der Waals surface area contributed by atoms with Gasteiger partial charge in [0.25, 0.3) is 10.1 Å². The molecule has 4 aromatic carbocycles. The number of azo groups is 1. The zero-order valence-electron chi connectivity index (χ0n) is 20.0. The number of phenolic OH excluding ortho intramolecular Hbond substituents is 1. The van der Waals surface area contributed by atoms with Crippen molar-refractivity contribution in [3.63, 3.8) is 0 Å². The van der Waals surface area contributed by atoms with Crippen LogP contribution in [0.1, 0.15) is 25.0 Å². The smallest absolute Gasteiger partial charge is 0.295 e. The fourth-order valence-electron chi connectivity index (χ4n) is 4.29. The molecule has 0 aliphatic carbocycles. The number of anilines is 1. The fourth-order valence-corrected chi connectivity index (χ4v) is 5.62. The molecule has 0 saturated carbocycles. The predicted octanol–water partition coefficient (Wildman–Crippen LogP) is 5.77. The number of hydrogen-bond acceptors (Lipinski definition) is 7. The number of benzene rings is 4. The van der Waals surface area contributed by atoms with Gasteiger partial charge in [-0.3, -0.25) is 9.35 Å². The van der Waals surface area contributed by atoms with Gasteiger partial charge in [-0.25, -0.2) is 4.21 Å². The second-order valence-electron chi connectivity index (χ2n) is 8.31. The minimum absolute atomic E-state index is 0.0300. The Morgan fingerprint density at radius 1 is 1.05 bits per heavy atom. The van der Waals surface area contributed by atoms with Crippen molar-refractivity contribution in [1.29, 1.82) is 0 Å². The van der Waals surface area contributed by atoms with Gasteiger partial charge in [0.05, 0.1) is 11.1 Å². The largest absolute Gasteiger partial charge is 0.505 e. The molecule has 0 fully saturated rings. The summed E-state index contributed by atoms with van der Waals surface area (Å²) in [5.41, 5.74) is 1.45. The van der Waals surface area contributed by atoms with Crippen LogP contribution in [0.5, 0.6) is 5.75 Å². The second-order valence-corrected chi connectivity index (χ2v) is 10.6. The topological polar surface area (TPSA) is 166 Å². The molecule has 0 aliphatic heterocycles. The van der Waals surface area contributed by atoms with Gasteiger partial charge in [0.1, 0.15) is 21.2 Å². The van der Waals surface area contributed by atoms with Crippen LogP contribution in [0.4, 0.5) is 17.1 Å². The standard InChI is InChI=1S/C25H23N3O7S2/c1-4-15-6-5-7-17-16(15)8-9-20(25(17)36(31)32)27-28-23-13(2)12-18-21(37(33,34)35)11-10-19(26-14(3)29)22(18)24(23)30/h5-12,30H,4H2,1-3H3,(H,26,29)(H,31,32)(H,33,34,35). The fraction of sp³-hybridized carbons (Fsp3) is 0.160. The highest BCUT2D eigenvalue weighted by Gasteiger charge is 2.22. The number of phenols is 1. The number of rotatable bonds is 6. The number of aromatic hydroxyl groups is 1. The number of fused-ring (bicyclic) bond motifs is 2. The van der Waals surface area contributed by atoms with Crippen molar-refractivity contribution in [2.45, 2.75) is 37.0 Å². The molecular formula is C25H23N3O7S2. The van der Waals surface area contributed by atoms with Crippen molar-refractivity contribution in [3.05, 3.63) is 59.7 Å². The van der Waals surface area contributed by atoms with Crippen LogP contribution in [0.25, 0.3) is 21.5 Å². The monoisotopic (exact) mass is 541 g/mol. The third-order valence-corrected chi connectivity index (χ3v) is 7.57. The highest BCUT2D eigenvalue weighted by atomic mass is 32.2. The van der Waals surface area contributed by atoms with Gasteiger partial charge >= 0.3 is 0 Å². The molecular weight excluding hydrogens is 518 g/mol. The number of nitrogens with one attached hydrogen (secondary N) is 1. The van der Waals surface area contributed by atoms with E-state index in [0.717, 1.165) is 23.4 Å². The zero-order chi connectivity index (χ0) is 27.1. The molecule has 4 aromatic rings. The van der Waals surface area contributed by atoms with Crippen LogP contribution >= 0.6 is 0 Å². The lowest BCUT2D eigenvalue weighted by Crippen LogP contribution is -2.08. The number of aryl methyl sites for hydroxylation is 2. The molecule has 0 aromatic heterocycles. The molecule has 1 atom stereocenters. The Labute approximate surface area is 215 Å². The molecule has 1 amide bonds. The summed E-state index contributed by atoms with van der Waals surface area (Å²) in [5.74, 6) is -0.963. The summed E-state index contributed by atoms with van der Waals surface area (Å²) in [6.45, 7) is 4.77. The van der Waals surface area contributed by atoms with E-state index in [4.69, 9.17) is 0 Å². The van der Waals surface area contributed by atoms with Crippen molar-refractivity contribution in [3.8, 4) is 5.75 Å². The van der Waals surface area contributed by atoms with Crippen molar-refractivity contribution in [1.82, 2.24) is 0 Å². The van der Waals surface area contributed by atoms with E-state index in [1.165, 1.54) is 19.1 Å². The highest BCUT2D eigenvalue weighted by molar-refractivity contribution is 7.86. The summed E-state index contributed by atoms with van der Waals surface area (Å²) < 4.78 is 55.9. The van der Waals surface area contributed by atoms with Crippen LogP contribution in [0.3, 0.4) is 0 Å². The molecule has 0 bridgehead atoms. The molecule has 4 rings (SSSR count). The lowest BCUT2D eigenvalue weighted by atomic mass is 10.0. The van der Waals surface area contributed by atoms with Crippen molar-refractivity contribution < 1.29 is 31.6 Å². The molecule has 1 unspecified atom stereocenters. The van der Waals surface area contributed by atoms with Crippen LogP contribution in [0, 0.1) is 6.92 Å². The highest BCUT2D eigenvalue weighted by Crippen LogP contribution is 2.44. The number of hydrogen-bond donors (Lipinski definition) is 4. The first-order valence-electron chi connectivity index (χ1n) is 11.1. The first-order chi connectivity index (χ1) is 17.4. The quantitative estimate of drug-likeness (QED) is 0.137. The summed E-state index contributed by atoms with van der Waals surface area (Å²) in [7, 11) is -4.66. The number of amides is 1. The Kier molecular flexibility index (Phi) is 7.11. The first-order valence-corrected chi connectivity index (χ1v) is 13.6. The van der Waals surface area contributed by atoms with Gasteiger partial charge in [-0.15, -0.1) is 10.2 Å². The van der Waals surface area contributed by atoms with Crippen molar-refractivity contribution in [2.75, 3.05) is 5.32 Å². The van der Waals surface area contributed by atoms with Gasteiger partial charge in [-0.2, -0.15) is 8.42 Å². The minimum atomic E-state index is -4.66. The Morgan fingerprint density at radius 3 is 2.41 bits per heavy atom. The molecule has 0 saturated heterocycles. The van der Waals surface area contributed by atoms with Crippen molar-refractivity contribution >= 4 is 65.7 Å². The molecule has 37 heavy (non-hydrogen) atoms. The zero-order valence-corrected chi connectivity index (χ0v) is 21.6. The Hall–Kier alpha value is -3.71. The van der Waals surface area contributed by atoms with E-state index in [-0.39, 0.29) is 32.7 Å². The SMILES string of the molecule is CCc1cccc2c(S(=O)O)c(N=Nc3c(C)cc4c(S(=O)(=O)O)ccc(NC(C)=O)c4c3O)ccc12. The number of nitrogens with zero attached hydrogens (tertiary/aromatic N) is 2. The van der Waals surface area contributed by atoms with E-state index in [0.29, 0.717) is 10.9 Å². The van der Waals surface area contributed by atoms with Crippen LogP contribution in [0.15, 0.2) is 68.6 Å². The Bertz CT molecular complexity index is 1750. The van der Waals surface area contributed by atoms with Gasteiger partial charge in [0.15, 0.2) is 16.8 Å². The maximum Gasteiger partial charge on any atom is 0.295 e. The number of carbonyl (C=O) groups is 1. The predicted molar refractivity (Wildman–Crippen MR) is 141 cm³/mol. The van der Waals surface area contributed by atoms with Crippen LogP contribution in [-0.4, -0.2) is 32.7 Å². The summed E-state index contributed by atoms with van der Waals surface area (Å²) in [6.07, 6.45) is 0.724. The van der Waals surface area contributed by atoms with Gasteiger partial charge in [0.2, 0.25) is 5.91 Å². The third kappa shape index (κ3) is 4.96. The van der Waals surface area contributed by atoms with Gasteiger partial charge < -0.3 is 15.0 Å². The van der Waals surface area contributed by atoms with E-state index in [9.17, 15) is 31.6 Å². The molecule has 12 heteroatoms. The summed E-state index contributed by atoms with van der Waals surface area (Å²) >= 11 is -2.40. The maximum atomic E-state index is 12.3. The average Bonchev–Trinajstić information content (AvgIpc) is 2.81. The maximum absolute atomic E-state index is 12.3. The average molecular weight is 542 g/mol. The van der Waals surface area contributed by atoms with Crippen LogP contribution < -0.4 is 5.32 Å². The molecule has 10 nitrogen and oxygen atoms in total.